The van der Waals surface area contributed by atoms with E-state index in [-0.39, 0.29) is 5.82 Å². The van der Waals surface area contributed by atoms with E-state index in [0.717, 1.165) is 23.7 Å². The lowest BCUT2D eigenvalue weighted by Gasteiger charge is -2.32. The molecule has 0 radical (unpaired) electrons. The molecule has 0 aromatic heterocycles. The van der Waals surface area contributed by atoms with Crippen molar-refractivity contribution in [2.45, 2.75) is 25.1 Å². The Morgan fingerprint density at radius 3 is 2.75 bits per heavy atom. The van der Waals surface area contributed by atoms with Crippen molar-refractivity contribution in [3.05, 3.63) is 29.6 Å². The van der Waals surface area contributed by atoms with Gasteiger partial charge in [0.25, 0.3) is 0 Å². The third-order valence-corrected chi connectivity index (χ3v) is 3.64. The first-order valence-corrected chi connectivity index (χ1v) is 6.29. The van der Waals surface area contributed by atoms with Crippen molar-refractivity contribution in [2.75, 3.05) is 18.5 Å². The molecule has 1 nitrogen and oxygen atoms in total. The summed E-state index contributed by atoms with van der Waals surface area (Å²) < 4.78 is 13.1. The molecule has 1 saturated carbocycles. The zero-order valence-electron chi connectivity index (χ0n) is 9.55. The van der Waals surface area contributed by atoms with Crippen LogP contribution in [0.5, 0.6) is 0 Å². The van der Waals surface area contributed by atoms with Crippen molar-refractivity contribution in [1.29, 1.82) is 0 Å². The van der Waals surface area contributed by atoms with Crippen LogP contribution < -0.4 is 4.90 Å². The average molecular weight is 242 g/mol. The van der Waals surface area contributed by atoms with Gasteiger partial charge in [0.1, 0.15) is 5.82 Å². The molecular formula is C13H17ClFN. The van der Waals surface area contributed by atoms with Gasteiger partial charge in [0.05, 0.1) is 0 Å². The largest absolute Gasteiger partial charge is 0.374 e. The summed E-state index contributed by atoms with van der Waals surface area (Å²) >= 11 is 5.84. The molecule has 1 aliphatic rings. The van der Waals surface area contributed by atoms with E-state index in [0.29, 0.717) is 5.88 Å². The molecule has 0 spiro atoms. The topological polar surface area (TPSA) is 3.24 Å². The van der Waals surface area contributed by atoms with Gasteiger partial charge in [-0.25, -0.2) is 4.39 Å². The molecule has 1 fully saturated rings. The first-order chi connectivity index (χ1) is 7.70. The molecule has 0 saturated heterocycles. The molecule has 0 bridgehead atoms. The van der Waals surface area contributed by atoms with Gasteiger partial charge in [-0.2, -0.15) is 0 Å². The minimum absolute atomic E-state index is 0.212. The number of halogens is 2. The molecule has 0 heterocycles. The van der Waals surface area contributed by atoms with Crippen LogP contribution in [0.3, 0.4) is 0 Å². The molecule has 1 aliphatic carbocycles. The normalized spacial score (nSPS) is 15.9. The van der Waals surface area contributed by atoms with E-state index in [9.17, 15) is 4.39 Å². The minimum atomic E-state index is -0.212. The number of alkyl halides is 1. The van der Waals surface area contributed by atoms with Gasteiger partial charge in [0.2, 0.25) is 0 Å². The van der Waals surface area contributed by atoms with E-state index >= 15 is 0 Å². The highest BCUT2D eigenvalue weighted by atomic mass is 35.5. The quantitative estimate of drug-likeness (QED) is 0.725. The van der Waals surface area contributed by atoms with Crippen molar-refractivity contribution in [3.8, 4) is 0 Å². The molecule has 2 rings (SSSR count). The number of rotatable bonds is 4. The Bertz CT molecular complexity index is 363. The zero-order valence-corrected chi connectivity index (χ0v) is 10.3. The number of hydrogen-bond donors (Lipinski definition) is 0. The van der Waals surface area contributed by atoms with Gasteiger partial charge in [-0.15, -0.1) is 11.6 Å². The van der Waals surface area contributed by atoms with Crippen LogP contribution >= 0.6 is 11.6 Å². The summed E-state index contributed by atoms with van der Waals surface area (Å²) in [5, 5.41) is 0. The molecule has 0 unspecified atom stereocenters. The van der Waals surface area contributed by atoms with E-state index in [2.05, 4.69) is 11.9 Å². The fourth-order valence-corrected chi connectivity index (χ4v) is 2.41. The van der Waals surface area contributed by atoms with Crippen LogP contribution in [-0.4, -0.2) is 13.6 Å². The van der Waals surface area contributed by atoms with Crippen molar-refractivity contribution >= 4 is 17.3 Å². The van der Waals surface area contributed by atoms with Gasteiger partial charge < -0.3 is 4.90 Å². The standard InChI is InChI=1S/C13H17ClFN/c1-16(9-10-3-2-4-10)13-6-5-12(15)7-11(13)8-14/h5-7,10H,2-4,8-9H2,1H3. The molecule has 88 valence electrons. The van der Waals surface area contributed by atoms with Gasteiger partial charge in [0, 0.05) is 25.2 Å². The summed E-state index contributed by atoms with van der Waals surface area (Å²) in [6.45, 7) is 1.05. The third kappa shape index (κ3) is 2.49. The number of nitrogens with zero attached hydrogens (tertiary/aromatic N) is 1. The summed E-state index contributed by atoms with van der Waals surface area (Å²) in [5.74, 6) is 0.955. The van der Waals surface area contributed by atoms with Crippen LogP contribution in [0.2, 0.25) is 0 Å². The zero-order chi connectivity index (χ0) is 11.5. The van der Waals surface area contributed by atoms with Gasteiger partial charge in [-0.1, -0.05) is 6.42 Å². The monoisotopic (exact) mass is 241 g/mol. The second kappa shape index (κ2) is 5.05. The first kappa shape index (κ1) is 11.7. The molecule has 3 heteroatoms. The van der Waals surface area contributed by atoms with Crippen molar-refractivity contribution in [1.82, 2.24) is 0 Å². The SMILES string of the molecule is CN(CC1CCC1)c1ccc(F)cc1CCl. The lowest BCUT2D eigenvalue weighted by molar-refractivity contribution is 0.321. The summed E-state index contributed by atoms with van der Waals surface area (Å²) in [4.78, 5) is 2.20. The maximum absolute atomic E-state index is 13.1. The van der Waals surface area contributed by atoms with Crippen molar-refractivity contribution < 1.29 is 4.39 Å². The minimum Gasteiger partial charge on any atom is -0.374 e. The highest BCUT2D eigenvalue weighted by Gasteiger charge is 2.20. The Hall–Kier alpha value is -0.760. The van der Waals surface area contributed by atoms with Gasteiger partial charge in [0.15, 0.2) is 0 Å². The van der Waals surface area contributed by atoms with E-state index < -0.39 is 0 Å². The summed E-state index contributed by atoms with van der Waals surface area (Å²) in [5.41, 5.74) is 1.94. The van der Waals surface area contributed by atoms with Crippen molar-refractivity contribution in [3.63, 3.8) is 0 Å². The molecule has 1 aromatic carbocycles. The number of benzene rings is 1. The fraction of sp³-hybridized carbons (Fsp3) is 0.538. The first-order valence-electron chi connectivity index (χ1n) is 5.76. The Morgan fingerprint density at radius 1 is 1.44 bits per heavy atom. The van der Waals surface area contributed by atoms with E-state index in [1.54, 1.807) is 0 Å². The summed E-state index contributed by atoms with van der Waals surface area (Å²) in [7, 11) is 2.06. The van der Waals surface area contributed by atoms with Gasteiger partial charge in [-0.3, -0.25) is 0 Å². The molecule has 0 aliphatic heterocycles. The average Bonchev–Trinajstić information content (AvgIpc) is 2.23. The van der Waals surface area contributed by atoms with Crippen LogP contribution in [-0.2, 0) is 5.88 Å². The fourth-order valence-electron chi connectivity index (χ4n) is 2.19. The van der Waals surface area contributed by atoms with E-state index in [4.69, 9.17) is 11.6 Å². The third-order valence-electron chi connectivity index (χ3n) is 3.35. The van der Waals surface area contributed by atoms with Gasteiger partial charge in [-0.05, 0) is 42.5 Å². The lowest BCUT2D eigenvalue weighted by Crippen LogP contribution is -2.29. The Balaban J connectivity index is 2.11. The number of anilines is 1. The predicted molar refractivity (Wildman–Crippen MR) is 66.6 cm³/mol. The van der Waals surface area contributed by atoms with Crippen molar-refractivity contribution in [2.24, 2.45) is 5.92 Å². The second-order valence-electron chi connectivity index (χ2n) is 4.58. The van der Waals surface area contributed by atoms with Crippen LogP contribution in [0, 0.1) is 11.7 Å². The van der Waals surface area contributed by atoms with Crippen LogP contribution in [0.25, 0.3) is 0 Å². The van der Waals surface area contributed by atoms with E-state index in [1.807, 2.05) is 6.07 Å². The van der Waals surface area contributed by atoms with Crippen LogP contribution in [0.4, 0.5) is 10.1 Å². The smallest absolute Gasteiger partial charge is 0.123 e. The molecular weight excluding hydrogens is 225 g/mol. The lowest BCUT2D eigenvalue weighted by atomic mass is 9.85. The Labute approximate surface area is 101 Å². The molecule has 16 heavy (non-hydrogen) atoms. The summed E-state index contributed by atoms with van der Waals surface area (Å²) in [6, 6.07) is 4.86. The van der Waals surface area contributed by atoms with Crippen LogP contribution in [0.1, 0.15) is 24.8 Å². The number of hydrogen-bond acceptors (Lipinski definition) is 1. The molecule has 0 amide bonds. The Morgan fingerprint density at radius 2 is 2.19 bits per heavy atom. The second-order valence-corrected chi connectivity index (χ2v) is 4.85. The maximum atomic E-state index is 13.1. The maximum Gasteiger partial charge on any atom is 0.123 e. The Kier molecular flexibility index (Phi) is 3.70. The van der Waals surface area contributed by atoms with Crippen LogP contribution in [0.15, 0.2) is 18.2 Å². The predicted octanol–water partition coefficient (Wildman–Crippen LogP) is 3.80. The van der Waals surface area contributed by atoms with E-state index in [1.165, 1.54) is 31.4 Å². The molecule has 0 N–H and O–H groups in total. The molecule has 1 aromatic rings. The van der Waals surface area contributed by atoms with Gasteiger partial charge >= 0.3 is 0 Å². The summed E-state index contributed by atoms with van der Waals surface area (Å²) in [6.07, 6.45) is 3.99. The molecule has 0 atom stereocenters. The highest BCUT2D eigenvalue weighted by Crippen LogP contribution is 2.30. The highest BCUT2D eigenvalue weighted by molar-refractivity contribution is 6.17.